The van der Waals surface area contributed by atoms with Crippen LogP contribution in [0.4, 0.5) is 0 Å². The van der Waals surface area contributed by atoms with Crippen molar-refractivity contribution in [3.63, 3.8) is 0 Å². The minimum absolute atomic E-state index is 0.0693. The van der Waals surface area contributed by atoms with E-state index in [9.17, 15) is 4.79 Å². The number of aromatic nitrogens is 2. The smallest absolute Gasteiger partial charge is 0.244 e. The summed E-state index contributed by atoms with van der Waals surface area (Å²) in [6, 6.07) is 8.22. The van der Waals surface area contributed by atoms with E-state index in [1.165, 1.54) is 5.56 Å². The third-order valence-electron chi connectivity index (χ3n) is 7.39. The molecular weight excluding hydrogens is 378 g/mol. The van der Waals surface area contributed by atoms with Crippen molar-refractivity contribution >= 4 is 5.91 Å². The van der Waals surface area contributed by atoms with E-state index in [1.807, 2.05) is 30.9 Å². The van der Waals surface area contributed by atoms with Gasteiger partial charge in [-0.2, -0.15) is 4.98 Å². The number of nitrogens with zero attached hydrogens (tertiary/aromatic N) is 5. The second-order valence-corrected chi connectivity index (χ2v) is 9.71. The van der Waals surface area contributed by atoms with Gasteiger partial charge in [-0.25, -0.2) is 0 Å². The van der Waals surface area contributed by atoms with Crippen LogP contribution in [-0.4, -0.2) is 69.1 Å². The summed E-state index contributed by atoms with van der Waals surface area (Å²) >= 11 is 0. The first-order valence-corrected chi connectivity index (χ1v) is 10.8. The summed E-state index contributed by atoms with van der Waals surface area (Å²) in [4.78, 5) is 23.9. The summed E-state index contributed by atoms with van der Waals surface area (Å²) in [6.45, 7) is 17.0. The number of rotatable bonds is 5. The van der Waals surface area contributed by atoms with Crippen LogP contribution in [-0.2, 0) is 4.79 Å². The molecule has 7 heteroatoms. The first-order chi connectivity index (χ1) is 14.1. The Kier molecular flexibility index (Phi) is 5.22. The zero-order chi connectivity index (χ0) is 21.7. The van der Waals surface area contributed by atoms with Gasteiger partial charge in [0, 0.05) is 31.7 Å². The molecule has 2 aliphatic heterocycles. The molecule has 4 rings (SSSR count). The van der Waals surface area contributed by atoms with Crippen molar-refractivity contribution in [3.8, 4) is 11.4 Å². The lowest BCUT2D eigenvalue weighted by atomic mass is 9.64. The fourth-order valence-corrected chi connectivity index (χ4v) is 4.25. The molecule has 2 aliphatic rings. The number of carbonyl (C=O) groups is 1. The number of amides is 1. The first kappa shape index (κ1) is 21.0. The zero-order valence-electron chi connectivity index (χ0n) is 19.0. The van der Waals surface area contributed by atoms with E-state index >= 15 is 0 Å². The van der Waals surface area contributed by atoms with Crippen LogP contribution >= 0.6 is 0 Å². The predicted octanol–water partition coefficient (Wildman–Crippen LogP) is 3.33. The SMILES string of the molecule is Cc1ccc(-c2noc(C(C)N3CCN(CN4C(=O)C(C)(C)C4(C)C)CC3)n2)cc1. The molecule has 1 atom stereocenters. The van der Waals surface area contributed by atoms with Crippen LogP contribution in [0.25, 0.3) is 11.4 Å². The molecule has 1 aromatic carbocycles. The Morgan fingerprint density at radius 3 is 2.30 bits per heavy atom. The van der Waals surface area contributed by atoms with Gasteiger partial charge in [0.2, 0.25) is 17.6 Å². The van der Waals surface area contributed by atoms with Crippen molar-refractivity contribution in [3.05, 3.63) is 35.7 Å². The maximum absolute atomic E-state index is 12.5. The molecule has 30 heavy (non-hydrogen) atoms. The highest BCUT2D eigenvalue weighted by Crippen LogP contribution is 2.47. The largest absolute Gasteiger partial charge is 0.337 e. The van der Waals surface area contributed by atoms with Crippen LogP contribution in [0.1, 0.15) is 52.1 Å². The Morgan fingerprint density at radius 1 is 1.07 bits per heavy atom. The molecule has 0 spiro atoms. The molecule has 3 heterocycles. The molecule has 1 amide bonds. The Balaban J connectivity index is 1.33. The Morgan fingerprint density at radius 2 is 1.70 bits per heavy atom. The number of carbonyl (C=O) groups excluding carboxylic acids is 1. The highest BCUT2D eigenvalue weighted by molar-refractivity contribution is 5.90. The molecule has 1 aromatic heterocycles. The molecular formula is C23H33N5O2. The van der Waals surface area contributed by atoms with E-state index in [4.69, 9.17) is 4.52 Å². The van der Waals surface area contributed by atoms with Crippen molar-refractivity contribution in [1.29, 1.82) is 0 Å². The standard InChI is InChI=1S/C23H33N5O2/c1-16-7-9-18(10-8-16)19-24-20(30-25-19)17(2)27-13-11-26(12-14-27)15-28-21(29)22(3,4)23(28,5)6/h7-10,17H,11-15H2,1-6H3. The second-order valence-electron chi connectivity index (χ2n) is 9.71. The van der Waals surface area contributed by atoms with Gasteiger partial charge in [-0.15, -0.1) is 0 Å². The lowest BCUT2D eigenvalue weighted by molar-refractivity contribution is -0.189. The summed E-state index contributed by atoms with van der Waals surface area (Å²) in [5, 5.41) is 4.18. The van der Waals surface area contributed by atoms with Gasteiger partial charge in [0.25, 0.3) is 0 Å². The van der Waals surface area contributed by atoms with Crippen LogP contribution in [0.2, 0.25) is 0 Å². The Hall–Kier alpha value is -2.25. The van der Waals surface area contributed by atoms with Crippen molar-refractivity contribution in [2.24, 2.45) is 5.41 Å². The van der Waals surface area contributed by atoms with Gasteiger partial charge in [-0.1, -0.05) is 35.0 Å². The van der Waals surface area contributed by atoms with Crippen LogP contribution in [0, 0.1) is 12.3 Å². The van der Waals surface area contributed by atoms with Gasteiger partial charge in [-0.3, -0.25) is 14.6 Å². The molecule has 0 radical (unpaired) electrons. The minimum atomic E-state index is -0.281. The molecule has 0 N–H and O–H groups in total. The number of hydrogen-bond donors (Lipinski definition) is 0. The number of likely N-dealkylation sites (tertiary alicyclic amines) is 1. The highest BCUT2D eigenvalue weighted by Gasteiger charge is 2.60. The summed E-state index contributed by atoms with van der Waals surface area (Å²) in [6.07, 6.45) is 0. The van der Waals surface area contributed by atoms with Gasteiger partial charge in [0.15, 0.2) is 0 Å². The molecule has 0 saturated carbocycles. The Bertz CT molecular complexity index is 910. The molecule has 7 nitrogen and oxygen atoms in total. The van der Waals surface area contributed by atoms with Crippen LogP contribution < -0.4 is 0 Å². The molecule has 0 aliphatic carbocycles. The number of β-lactam (4-membered cyclic amide) rings is 1. The van der Waals surface area contributed by atoms with Crippen molar-refractivity contribution in [2.45, 2.75) is 53.1 Å². The minimum Gasteiger partial charge on any atom is -0.337 e. The Labute approximate surface area is 179 Å². The van der Waals surface area contributed by atoms with Crippen LogP contribution in [0.5, 0.6) is 0 Å². The van der Waals surface area contributed by atoms with Gasteiger partial charge in [0.05, 0.1) is 23.7 Å². The molecule has 1 unspecified atom stereocenters. The number of piperazine rings is 1. The van der Waals surface area contributed by atoms with E-state index in [0.717, 1.165) is 31.7 Å². The molecule has 2 aromatic rings. The van der Waals surface area contributed by atoms with E-state index in [1.54, 1.807) is 0 Å². The first-order valence-electron chi connectivity index (χ1n) is 10.8. The third kappa shape index (κ3) is 3.44. The predicted molar refractivity (Wildman–Crippen MR) is 116 cm³/mol. The molecule has 2 fully saturated rings. The fourth-order valence-electron chi connectivity index (χ4n) is 4.25. The maximum Gasteiger partial charge on any atom is 0.244 e. The number of aryl methyl sites for hydroxylation is 1. The van der Waals surface area contributed by atoms with Crippen LogP contribution in [0.3, 0.4) is 0 Å². The van der Waals surface area contributed by atoms with E-state index < -0.39 is 0 Å². The summed E-state index contributed by atoms with van der Waals surface area (Å²) < 4.78 is 5.58. The quantitative estimate of drug-likeness (QED) is 0.703. The van der Waals surface area contributed by atoms with Crippen molar-refractivity contribution in [2.75, 3.05) is 32.8 Å². The zero-order valence-corrected chi connectivity index (χ0v) is 19.0. The van der Waals surface area contributed by atoms with Crippen molar-refractivity contribution < 1.29 is 9.32 Å². The number of benzene rings is 1. The fraction of sp³-hybridized carbons (Fsp3) is 0.609. The summed E-state index contributed by atoms with van der Waals surface area (Å²) in [7, 11) is 0. The second kappa shape index (κ2) is 7.46. The lowest BCUT2D eigenvalue weighted by Gasteiger charge is -2.61. The van der Waals surface area contributed by atoms with Gasteiger partial charge >= 0.3 is 0 Å². The highest BCUT2D eigenvalue weighted by atomic mass is 16.5. The van der Waals surface area contributed by atoms with Crippen LogP contribution in [0.15, 0.2) is 28.8 Å². The monoisotopic (exact) mass is 411 g/mol. The average molecular weight is 412 g/mol. The van der Waals surface area contributed by atoms with Gasteiger partial charge in [-0.05, 0) is 41.5 Å². The van der Waals surface area contributed by atoms with Gasteiger partial charge in [0.1, 0.15) is 0 Å². The van der Waals surface area contributed by atoms with E-state index in [0.29, 0.717) is 18.4 Å². The molecule has 162 valence electrons. The third-order valence-corrected chi connectivity index (χ3v) is 7.39. The summed E-state index contributed by atoms with van der Waals surface area (Å²) in [5.41, 5.74) is 1.79. The van der Waals surface area contributed by atoms with Crippen molar-refractivity contribution in [1.82, 2.24) is 24.8 Å². The topological polar surface area (TPSA) is 65.7 Å². The molecule has 2 saturated heterocycles. The summed E-state index contributed by atoms with van der Waals surface area (Å²) in [5.74, 6) is 1.54. The maximum atomic E-state index is 12.5. The normalized spacial score (nSPS) is 22.7. The number of hydrogen-bond acceptors (Lipinski definition) is 6. The molecule has 0 bridgehead atoms. The lowest BCUT2D eigenvalue weighted by Crippen LogP contribution is -2.74. The van der Waals surface area contributed by atoms with E-state index in [2.05, 4.69) is 59.8 Å². The van der Waals surface area contributed by atoms with Gasteiger partial charge < -0.3 is 9.42 Å². The average Bonchev–Trinajstić information content (AvgIpc) is 3.22. The van der Waals surface area contributed by atoms with E-state index in [-0.39, 0.29) is 22.9 Å².